The van der Waals surface area contributed by atoms with E-state index in [0.29, 0.717) is 19.0 Å². The van der Waals surface area contributed by atoms with Crippen LogP contribution in [0.3, 0.4) is 0 Å². The molecule has 1 aliphatic rings. The summed E-state index contributed by atoms with van der Waals surface area (Å²) in [6.07, 6.45) is 0. The topological polar surface area (TPSA) is 85.5 Å². The van der Waals surface area contributed by atoms with Crippen molar-refractivity contribution in [3.05, 3.63) is 23.8 Å². The van der Waals surface area contributed by atoms with Gasteiger partial charge in [0.2, 0.25) is 0 Å². The molecule has 0 spiro atoms. The summed E-state index contributed by atoms with van der Waals surface area (Å²) in [4.78, 5) is 26.4. The number of benzene rings is 1. The van der Waals surface area contributed by atoms with E-state index in [1.807, 2.05) is 26.0 Å². The van der Waals surface area contributed by atoms with Gasteiger partial charge < -0.3 is 24.6 Å². The molecule has 0 aliphatic carbocycles. The highest BCUT2D eigenvalue weighted by Crippen LogP contribution is 2.27. The van der Waals surface area contributed by atoms with Gasteiger partial charge in [0.15, 0.2) is 18.0 Å². The Morgan fingerprint density at radius 3 is 2.29 bits per heavy atom. The first-order valence-electron chi connectivity index (χ1n) is 9.87. The smallest absolute Gasteiger partial charge is 0.321 e. The van der Waals surface area contributed by atoms with Crippen LogP contribution in [0, 0.1) is 5.92 Å². The molecule has 4 N–H and O–H groups in total. The van der Waals surface area contributed by atoms with Gasteiger partial charge in [0.1, 0.15) is 32.7 Å². The minimum atomic E-state index is -0.407. The predicted octanol–water partition coefficient (Wildman–Crippen LogP) is -1.53. The molecule has 2 rings (SSSR count). The van der Waals surface area contributed by atoms with E-state index >= 15 is 0 Å². The van der Waals surface area contributed by atoms with E-state index in [0.717, 1.165) is 44.2 Å². The van der Waals surface area contributed by atoms with Gasteiger partial charge >= 0.3 is 6.03 Å². The summed E-state index contributed by atoms with van der Waals surface area (Å²) in [5.41, 5.74) is 1.20. The number of carbonyl (C=O) groups excluding carboxylic acids is 2. The predicted molar refractivity (Wildman–Crippen MR) is 106 cm³/mol. The Kier molecular flexibility index (Phi) is 8.53. The first-order chi connectivity index (χ1) is 13.4. The van der Waals surface area contributed by atoms with Gasteiger partial charge in [0.25, 0.3) is 5.91 Å². The molecule has 1 saturated heterocycles. The lowest BCUT2D eigenvalue weighted by Crippen LogP contribution is -3.28. The normalized spacial score (nSPS) is 19.2. The van der Waals surface area contributed by atoms with Crippen molar-refractivity contribution in [3.8, 4) is 11.5 Å². The van der Waals surface area contributed by atoms with Gasteiger partial charge in [-0.05, 0) is 24.1 Å². The maximum Gasteiger partial charge on any atom is 0.321 e. The summed E-state index contributed by atoms with van der Waals surface area (Å²) >= 11 is 0. The molecule has 0 aromatic heterocycles. The molecule has 8 nitrogen and oxygen atoms in total. The number of urea groups is 1. The number of ether oxygens (including phenoxy) is 2. The number of amides is 3. The van der Waals surface area contributed by atoms with Crippen molar-refractivity contribution in [2.24, 2.45) is 5.92 Å². The molecule has 0 bridgehead atoms. The Hall–Kier alpha value is -2.32. The van der Waals surface area contributed by atoms with Gasteiger partial charge in [0.05, 0.1) is 14.2 Å². The third-order valence-corrected chi connectivity index (χ3v) is 4.90. The molecule has 1 heterocycles. The lowest BCUT2D eigenvalue weighted by Gasteiger charge is -2.29. The van der Waals surface area contributed by atoms with E-state index in [2.05, 4.69) is 16.7 Å². The van der Waals surface area contributed by atoms with Crippen LogP contribution in [0.4, 0.5) is 4.79 Å². The second-order valence-electron chi connectivity index (χ2n) is 7.69. The maximum absolute atomic E-state index is 12.0. The molecule has 156 valence electrons. The lowest BCUT2D eigenvalue weighted by molar-refractivity contribution is -1.02. The van der Waals surface area contributed by atoms with Crippen molar-refractivity contribution in [1.29, 1.82) is 0 Å². The maximum atomic E-state index is 12.0. The van der Waals surface area contributed by atoms with Crippen molar-refractivity contribution in [3.63, 3.8) is 0 Å². The summed E-state index contributed by atoms with van der Waals surface area (Å²) in [5, 5.41) is 5.11. The van der Waals surface area contributed by atoms with Crippen molar-refractivity contribution in [1.82, 2.24) is 10.6 Å². The Morgan fingerprint density at radius 1 is 1.04 bits per heavy atom. The van der Waals surface area contributed by atoms with Crippen molar-refractivity contribution in [2.75, 3.05) is 53.5 Å². The average molecular weight is 395 g/mol. The summed E-state index contributed by atoms with van der Waals surface area (Å²) in [5.74, 6) is 1.61. The first-order valence-corrected chi connectivity index (χ1v) is 9.87. The number of hydrogen-bond acceptors (Lipinski definition) is 4. The van der Waals surface area contributed by atoms with Crippen LogP contribution in [0.1, 0.15) is 19.4 Å². The van der Waals surface area contributed by atoms with Crippen molar-refractivity contribution in [2.45, 2.75) is 20.4 Å². The molecule has 28 heavy (non-hydrogen) atoms. The highest BCUT2D eigenvalue weighted by atomic mass is 16.5. The Labute approximate surface area is 167 Å². The molecule has 0 saturated carbocycles. The number of imide groups is 1. The average Bonchev–Trinajstić information content (AvgIpc) is 2.67. The molecule has 1 fully saturated rings. The second kappa shape index (κ2) is 10.9. The monoisotopic (exact) mass is 394 g/mol. The van der Waals surface area contributed by atoms with Crippen molar-refractivity contribution < 1.29 is 28.9 Å². The standard InChI is InChI=1S/C20H32N4O4/c1-15(2)12-21-20(26)22-19(25)14-24-9-7-23(8-10-24)13-16-5-6-17(27-3)18(11-16)28-4/h5-6,11,15H,7-10,12-14H2,1-4H3,(H2,21,22,25,26)/p+2. The van der Waals surface area contributed by atoms with Crippen LogP contribution in [-0.2, 0) is 11.3 Å². The highest BCUT2D eigenvalue weighted by Gasteiger charge is 2.25. The minimum Gasteiger partial charge on any atom is -0.493 e. The van der Waals surface area contributed by atoms with Gasteiger partial charge in [0, 0.05) is 12.1 Å². The number of carbonyl (C=O) groups is 2. The van der Waals surface area contributed by atoms with Crippen LogP contribution in [0.2, 0.25) is 0 Å². The van der Waals surface area contributed by atoms with Gasteiger partial charge in [-0.15, -0.1) is 0 Å². The van der Waals surface area contributed by atoms with Gasteiger partial charge in [-0.2, -0.15) is 0 Å². The van der Waals surface area contributed by atoms with Crippen LogP contribution in [0.15, 0.2) is 18.2 Å². The van der Waals surface area contributed by atoms with Crippen LogP contribution in [0.5, 0.6) is 11.5 Å². The van der Waals surface area contributed by atoms with E-state index in [4.69, 9.17) is 9.47 Å². The summed E-state index contributed by atoms with van der Waals surface area (Å²) in [6.45, 7) is 9.60. The van der Waals surface area contributed by atoms with Gasteiger partial charge in [-0.25, -0.2) is 4.79 Å². The number of rotatable bonds is 8. The fraction of sp³-hybridized carbons (Fsp3) is 0.600. The molecular weight excluding hydrogens is 360 g/mol. The fourth-order valence-corrected chi connectivity index (χ4v) is 3.33. The van der Waals surface area contributed by atoms with E-state index < -0.39 is 6.03 Å². The van der Waals surface area contributed by atoms with Crippen LogP contribution < -0.4 is 29.9 Å². The summed E-state index contributed by atoms with van der Waals surface area (Å²) in [6, 6.07) is 5.62. The first kappa shape index (κ1) is 22.0. The third kappa shape index (κ3) is 7.01. The van der Waals surface area contributed by atoms with Crippen LogP contribution in [-0.4, -0.2) is 65.4 Å². The Morgan fingerprint density at radius 2 is 1.68 bits per heavy atom. The fourth-order valence-electron chi connectivity index (χ4n) is 3.33. The molecule has 0 radical (unpaired) electrons. The number of nitrogens with one attached hydrogen (secondary N) is 4. The van der Waals surface area contributed by atoms with Gasteiger partial charge in [-0.1, -0.05) is 13.8 Å². The van der Waals surface area contributed by atoms with E-state index in [-0.39, 0.29) is 5.91 Å². The molecule has 1 aromatic carbocycles. The molecule has 1 aliphatic heterocycles. The molecular formula is C20H34N4O4+2. The Balaban J connectivity index is 1.74. The zero-order chi connectivity index (χ0) is 20.5. The number of hydrogen-bond donors (Lipinski definition) is 4. The quantitative estimate of drug-likeness (QED) is 0.431. The molecule has 0 atom stereocenters. The lowest BCUT2D eigenvalue weighted by atomic mass is 10.1. The molecule has 1 aromatic rings. The molecule has 3 amide bonds. The zero-order valence-corrected chi connectivity index (χ0v) is 17.4. The van der Waals surface area contributed by atoms with Crippen LogP contribution >= 0.6 is 0 Å². The van der Waals surface area contributed by atoms with Gasteiger partial charge in [-0.3, -0.25) is 10.1 Å². The molecule has 8 heteroatoms. The van der Waals surface area contributed by atoms with Crippen molar-refractivity contribution >= 4 is 11.9 Å². The third-order valence-electron chi connectivity index (χ3n) is 4.90. The highest BCUT2D eigenvalue weighted by molar-refractivity contribution is 5.94. The Bertz CT molecular complexity index is 658. The summed E-state index contributed by atoms with van der Waals surface area (Å²) in [7, 11) is 3.28. The molecule has 0 unspecified atom stereocenters. The SMILES string of the molecule is COc1ccc(C[NH+]2CC[NH+](CC(=O)NC(=O)NCC(C)C)CC2)cc1OC. The second-order valence-corrected chi connectivity index (χ2v) is 7.69. The number of piperazine rings is 1. The largest absolute Gasteiger partial charge is 0.493 e. The minimum absolute atomic E-state index is 0.223. The van der Waals surface area contributed by atoms with E-state index in [1.165, 1.54) is 15.4 Å². The van der Waals surface area contributed by atoms with E-state index in [9.17, 15) is 9.59 Å². The number of methoxy groups -OCH3 is 2. The number of quaternary nitrogens is 2. The van der Waals surface area contributed by atoms with Crippen LogP contribution in [0.25, 0.3) is 0 Å². The zero-order valence-electron chi connectivity index (χ0n) is 17.4. The van der Waals surface area contributed by atoms with E-state index in [1.54, 1.807) is 14.2 Å². The summed E-state index contributed by atoms with van der Waals surface area (Å²) < 4.78 is 10.7.